The monoisotopic (exact) mass is 357 g/mol. The van der Waals surface area contributed by atoms with Crippen molar-refractivity contribution in [3.63, 3.8) is 0 Å². The van der Waals surface area contributed by atoms with Crippen molar-refractivity contribution in [2.75, 3.05) is 7.11 Å². The zero-order valence-corrected chi connectivity index (χ0v) is 15.8. The topological polar surface area (TPSA) is 83.4 Å². The number of rotatable bonds is 7. The van der Waals surface area contributed by atoms with Crippen molar-refractivity contribution in [2.24, 2.45) is 5.92 Å². The van der Waals surface area contributed by atoms with Crippen molar-refractivity contribution in [3.8, 4) is 11.4 Å². The molecule has 0 aliphatic heterocycles. The molecule has 140 valence electrons. The highest BCUT2D eigenvalue weighted by Crippen LogP contribution is 2.28. The van der Waals surface area contributed by atoms with Crippen LogP contribution in [-0.2, 0) is 4.79 Å². The molecule has 6 nitrogen and oxygen atoms in total. The van der Waals surface area contributed by atoms with E-state index in [4.69, 9.17) is 4.74 Å². The van der Waals surface area contributed by atoms with E-state index in [1.165, 1.54) is 0 Å². The maximum Gasteiger partial charge on any atom is 0.253 e. The van der Waals surface area contributed by atoms with Crippen LogP contribution >= 0.6 is 0 Å². The second-order valence-electron chi connectivity index (χ2n) is 6.77. The van der Waals surface area contributed by atoms with Crippen LogP contribution in [0.15, 0.2) is 30.3 Å². The number of amides is 1. The van der Waals surface area contributed by atoms with Crippen molar-refractivity contribution in [3.05, 3.63) is 47.3 Å². The van der Waals surface area contributed by atoms with Gasteiger partial charge in [0.2, 0.25) is 0 Å². The van der Waals surface area contributed by atoms with E-state index in [0.29, 0.717) is 23.4 Å². The number of aryl methyl sites for hydroxylation is 1. The van der Waals surface area contributed by atoms with Gasteiger partial charge in [-0.2, -0.15) is 0 Å². The average molecular weight is 357 g/mol. The number of hydrogen-bond donors (Lipinski definition) is 1. The minimum absolute atomic E-state index is 0.124. The Hall–Kier alpha value is -2.76. The van der Waals surface area contributed by atoms with Crippen molar-refractivity contribution in [2.45, 2.75) is 40.2 Å². The van der Waals surface area contributed by atoms with Gasteiger partial charge in [0.25, 0.3) is 5.91 Å². The van der Waals surface area contributed by atoms with E-state index < -0.39 is 17.9 Å². The minimum atomic E-state index is -1.27. The normalized spacial score (nSPS) is 12.1. The number of benzene rings is 1. The number of para-hydroxylation sites is 2. The summed E-state index contributed by atoms with van der Waals surface area (Å²) in [5, 5.41) is 13.9. The van der Waals surface area contributed by atoms with Gasteiger partial charge in [0, 0.05) is 11.4 Å². The molecule has 1 heterocycles. The number of nitrogens with zero attached hydrogens (tertiary/aromatic N) is 1. The average Bonchev–Trinajstić information content (AvgIpc) is 2.88. The molecule has 2 aromatic rings. The van der Waals surface area contributed by atoms with Gasteiger partial charge in [0.05, 0.1) is 30.4 Å². The second-order valence-corrected chi connectivity index (χ2v) is 6.77. The number of methoxy groups -OCH3 is 1. The van der Waals surface area contributed by atoms with Gasteiger partial charge in [0.15, 0.2) is 0 Å². The van der Waals surface area contributed by atoms with Crippen LogP contribution in [0.25, 0.3) is 5.69 Å². The molecule has 26 heavy (non-hydrogen) atoms. The highest BCUT2D eigenvalue weighted by Gasteiger charge is 2.21. The molecule has 0 fully saturated rings. The highest BCUT2D eigenvalue weighted by molar-refractivity contribution is 5.98. The van der Waals surface area contributed by atoms with Crippen LogP contribution in [0.4, 0.5) is 0 Å². The number of hydrogen-bond acceptors (Lipinski definition) is 4. The molecule has 1 aromatic heterocycles. The number of carboxylic acids is 1. The molecule has 0 spiro atoms. The van der Waals surface area contributed by atoms with Gasteiger partial charge in [0.1, 0.15) is 5.75 Å². The van der Waals surface area contributed by atoms with Crippen LogP contribution in [0.2, 0.25) is 0 Å². The van der Waals surface area contributed by atoms with E-state index in [9.17, 15) is 14.7 Å². The fourth-order valence-corrected chi connectivity index (χ4v) is 3.10. The summed E-state index contributed by atoms with van der Waals surface area (Å²) in [6, 6.07) is 8.26. The zero-order valence-electron chi connectivity index (χ0n) is 15.8. The van der Waals surface area contributed by atoms with E-state index >= 15 is 0 Å². The van der Waals surface area contributed by atoms with Crippen molar-refractivity contribution in [1.82, 2.24) is 9.88 Å². The number of carbonyl (C=O) groups is 2. The van der Waals surface area contributed by atoms with Crippen molar-refractivity contribution >= 4 is 11.9 Å². The number of nitrogens with one attached hydrogen (secondary N) is 1. The Morgan fingerprint density at radius 1 is 1.23 bits per heavy atom. The summed E-state index contributed by atoms with van der Waals surface area (Å²) in [5.41, 5.74) is 2.82. The molecule has 0 aliphatic carbocycles. The van der Waals surface area contributed by atoms with Crippen LogP contribution in [0.5, 0.6) is 5.75 Å². The largest absolute Gasteiger partial charge is 0.548 e. The first-order valence-electron chi connectivity index (χ1n) is 8.60. The van der Waals surface area contributed by atoms with E-state index in [1.54, 1.807) is 13.2 Å². The summed E-state index contributed by atoms with van der Waals surface area (Å²) in [7, 11) is 1.59. The first kappa shape index (κ1) is 19.6. The maximum absolute atomic E-state index is 12.7. The van der Waals surface area contributed by atoms with Crippen molar-refractivity contribution in [1.29, 1.82) is 0 Å². The van der Waals surface area contributed by atoms with Gasteiger partial charge in [-0.05, 0) is 44.4 Å². The Morgan fingerprint density at radius 2 is 1.88 bits per heavy atom. The molecule has 0 radical (unpaired) electrons. The van der Waals surface area contributed by atoms with Crippen LogP contribution in [0.1, 0.15) is 42.0 Å². The molecule has 0 aliphatic rings. The van der Waals surface area contributed by atoms with Crippen LogP contribution in [-0.4, -0.2) is 29.6 Å². The molecule has 1 N–H and O–H groups in total. The summed E-state index contributed by atoms with van der Waals surface area (Å²) in [6.07, 6.45) is 0.319. The third-order valence-electron chi connectivity index (χ3n) is 4.30. The third-order valence-corrected chi connectivity index (χ3v) is 4.30. The number of ether oxygens (including phenoxy) is 1. The highest BCUT2D eigenvalue weighted by atomic mass is 16.5. The summed E-state index contributed by atoms with van der Waals surface area (Å²) < 4.78 is 7.33. The second kappa shape index (κ2) is 8.08. The van der Waals surface area contributed by atoms with Gasteiger partial charge in [-0.25, -0.2) is 0 Å². The molecular weight excluding hydrogens is 332 g/mol. The number of aliphatic carboxylic acids is 1. The Morgan fingerprint density at radius 3 is 2.46 bits per heavy atom. The van der Waals surface area contributed by atoms with Gasteiger partial charge >= 0.3 is 0 Å². The number of carboxylic acid groups (broad SMARTS) is 1. The van der Waals surface area contributed by atoms with E-state index in [0.717, 1.165) is 11.4 Å². The van der Waals surface area contributed by atoms with E-state index in [-0.39, 0.29) is 5.92 Å². The molecular formula is C20H25N2O4-. The minimum Gasteiger partial charge on any atom is -0.548 e. The molecule has 1 aromatic carbocycles. The van der Waals surface area contributed by atoms with E-state index in [2.05, 4.69) is 5.32 Å². The first-order valence-corrected chi connectivity index (χ1v) is 8.60. The summed E-state index contributed by atoms with van der Waals surface area (Å²) >= 11 is 0. The predicted octanol–water partition coefficient (Wildman–Crippen LogP) is 2.00. The molecule has 1 atom stereocenters. The van der Waals surface area contributed by atoms with E-state index in [1.807, 2.05) is 56.5 Å². The smallest absolute Gasteiger partial charge is 0.253 e. The standard InChI is InChI=1S/C20H26N2O4/c1-12(2)10-16(20(24)25)21-19(23)15-11-13(3)22(14(15)4)17-8-6-7-9-18(17)26-5/h6-9,11-12,16H,10H2,1-5H3,(H,21,23)(H,24,25)/p-1/t16-/m0/s1. The molecule has 1 amide bonds. The molecule has 0 bridgehead atoms. The Bertz CT molecular complexity index is 808. The van der Waals surface area contributed by atoms with Gasteiger partial charge in [-0.3, -0.25) is 4.79 Å². The van der Waals surface area contributed by atoms with Crippen LogP contribution in [0.3, 0.4) is 0 Å². The van der Waals surface area contributed by atoms with Crippen molar-refractivity contribution < 1.29 is 19.4 Å². The molecule has 0 saturated carbocycles. The zero-order chi connectivity index (χ0) is 19.4. The lowest BCUT2D eigenvalue weighted by molar-refractivity contribution is -0.308. The lowest BCUT2D eigenvalue weighted by Crippen LogP contribution is -2.48. The summed E-state index contributed by atoms with van der Waals surface area (Å²) in [6.45, 7) is 7.51. The molecule has 0 saturated heterocycles. The molecule has 2 rings (SSSR count). The Balaban J connectivity index is 2.37. The number of carbonyl (C=O) groups excluding carboxylic acids is 2. The fourth-order valence-electron chi connectivity index (χ4n) is 3.10. The predicted molar refractivity (Wildman–Crippen MR) is 97.5 cm³/mol. The fraction of sp³-hybridized carbons (Fsp3) is 0.400. The van der Waals surface area contributed by atoms with Gasteiger partial charge in [-0.15, -0.1) is 0 Å². The number of aromatic nitrogens is 1. The molecule has 0 unspecified atom stereocenters. The Labute approximate surface area is 153 Å². The third kappa shape index (κ3) is 4.07. The van der Waals surface area contributed by atoms with Crippen LogP contribution < -0.4 is 15.2 Å². The molecule has 6 heteroatoms. The SMILES string of the molecule is COc1ccccc1-n1c(C)cc(C(=O)N[C@@H](CC(C)C)C(=O)[O-])c1C. The first-order chi connectivity index (χ1) is 12.3. The summed E-state index contributed by atoms with van der Waals surface area (Å²) in [4.78, 5) is 24.0. The Kier molecular flexibility index (Phi) is 6.08. The van der Waals surface area contributed by atoms with Gasteiger partial charge < -0.3 is 24.5 Å². The summed E-state index contributed by atoms with van der Waals surface area (Å²) in [5.74, 6) is -0.882. The van der Waals surface area contributed by atoms with Crippen LogP contribution in [0, 0.1) is 19.8 Å². The maximum atomic E-state index is 12.7. The van der Waals surface area contributed by atoms with Gasteiger partial charge in [-0.1, -0.05) is 26.0 Å². The lowest BCUT2D eigenvalue weighted by atomic mass is 10.0. The lowest BCUT2D eigenvalue weighted by Gasteiger charge is -2.21. The quantitative estimate of drug-likeness (QED) is 0.821.